The highest BCUT2D eigenvalue weighted by molar-refractivity contribution is 5.53. The van der Waals surface area contributed by atoms with E-state index in [-0.39, 0.29) is 5.56 Å². The number of hydrogen-bond donors (Lipinski definition) is 1. The fourth-order valence-corrected chi connectivity index (χ4v) is 3.85. The van der Waals surface area contributed by atoms with Crippen LogP contribution in [-0.2, 0) is 6.54 Å². The first kappa shape index (κ1) is 16.0. The van der Waals surface area contributed by atoms with Crippen LogP contribution in [0.1, 0.15) is 41.8 Å². The van der Waals surface area contributed by atoms with Crippen LogP contribution in [0.3, 0.4) is 0 Å². The Morgan fingerprint density at radius 3 is 3.00 bits per heavy atom. The maximum absolute atomic E-state index is 11.8. The first-order valence-corrected chi connectivity index (χ1v) is 8.83. The molecule has 0 aliphatic carbocycles. The van der Waals surface area contributed by atoms with Crippen molar-refractivity contribution in [3.05, 3.63) is 63.9 Å². The van der Waals surface area contributed by atoms with Crippen LogP contribution < -0.4 is 5.56 Å². The number of aromatic amines is 1. The average Bonchev–Trinajstić information content (AvgIpc) is 2.91. The molecule has 0 unspecified atom stereocenters. The summed E-state index contributed by atoms with van der Waals surface area (Å²) in [6.07, 6.45) is 4.25. The molecule has 6 nitrogen and oxygen atoms in total. The van der Waals surface area contributed by atoms with E-state index < -0.39 is 0 Å². The zero-order chi connectivity index (χ0) is 17.4. The number of pyridine rings is 1. The van der Waals surface area contributed by atoms with Crippen molar-refractivity contribution >= 4 is 5.52 Å². The zero-order valence-electron chi connectivity index (χ0n) is 14.7. The maximum Gasteiger partial charge on any atom is 0.251 e. The van der Waals surface area contributed by atoms with Crippen LogP contribution in [0.25, 0.3) is 5.52 Å². The van der Waals surface area contributed by atoms with Gasteiger partial charge >= 0.3 is 0 Å². The monoisotopic (exact) mass is 337 g/mol. The number of aromatic nitrogens is 4. The lowest BCUT2D eigenvalue weighted by Gasteiger charge is -2.32. The largest absolute Gasteiger partial charge is 0.311 e. The van der Waals surface area contributed by atoms with Gasteiger partial charge in [0.25, 0.3) is 5.56 Å². The molecular formula is C19H23N5O. The second-order valence-electron chi connectivity index (χ2n) is 6.89. The van der Waals surface area contributed by atoms with Crippen molar-refractivity contribution < 1.29 is 0 Å². The second-order valence-corrected chi connectivity index (χ2v) is 6.89. The highest BCUT2D eigenvalue weighted by Crippen LogP contribution is 2.26. The normalized spacial score (nSPS) is 18.7. The van der Waals surface area contributed by atoms with Crippen molar-refractivity contribution in [3.63, 3.8) is 0 Å². The summed E-state index contributed by atoms with van der Waals surface area (Å²) >= 11 is 0. The molecule has 4 rings (SSSR count). The lowest BCUT2D eigenvalue weighted by Crippen LogP contribution is -2.34. The van der Waals surface area contributed by atoms with E-state index in [9.17, 15) is 4.79 Å². The Balaban J connectivity index is 1.56. The molecule has 0 bridgehead atoms. The van der Waals surface area contributed by atoms with Crippen LogP contribution in [0.15, 0.2) is 35.3 Å². The lowest BCUT2D eigenvalue weighted by atomic mass is 9.94. The smallest absolute Gasteiger partial charge is 0.251 e. The predicted molar refractivity (Wildman–Crippen MR) is 96.8 cm³/mol. The minimum absolute atomic E-state index is 0.0599. The van der Waals surface area contributed by atoms with Gasteiger partial charge in [-0.25, -0.2) is 9.97 Å². The number of likely N-dealkylation sites (tertiary alicyclic amines) is 1. The molecule has 3 aromatic heterocycles. The predicted octanol–water partition coefficient (Wildman–Crippen LogP) is 2.41. The average molecular weight is 337 g/mol. The molecule has 1 N–H and O–H groups in total. The third-order valence-corrected chi connectivity index (χ3v) is 4.98. The molecule has 6 heteroatoms. The summed E-state index contributed by atoms with van der Waals surface area (Å²) in [6, 6.07) is 7.86. The molecule has 0 amide bonds. The summed E-state index contributed by atoms with van der Waals surface area (Å²) in [7, 11) is 0. The van der Waals surface area contributed by atoms with Crippen molar-refractivity contribution in [3.8, 4) is 0 Å². The molecule has 0 spiro atoms. The van der Waals surface area contributed by atoms with E-state index in [2.05, 4.69) is 37.6 Å². The van der Waals surface area contributed by atoms with E-state index >= 15 is 0 Å². The van der Waals surface area contributed by atoms with Crippen molar-refractivity contribution in [1.82, 2.24) is 24.3 Å². The Morgan fingerprint density at radius 2 is 2.16 bits per heavy atom. The van der Waals surface area contributed by atoms with Gasteiger partial charge in [0.1, 0.15) is 11.6 Å². The van der Waals surface area contributed by atoms with Crippen molar-refractivity contribution in [2.24, 2.45) is 0 Å². The number of fused-ring (bicyclic) bond motifs is 1. The number of hydrogen-bond acceptors (Lipinski definition) is 4. The van der Waals surface area contributed by atoms with E-state index in [1.165, 1.54) is 5.52 Å². The Hall–Kier alpha value is -2.47. The van der Waals surface area contributed by atoms with Gasteiger partial charge in [-0.05, 0) is 45.4 Å². The number of imidazole rings is 1. The third kappa shape index (κ3) is 3.22. The molecule has 0 radical (unpaired) electrons. The highest BCUT2D eigenvalue weighted by atomic mass is 16.1. The first-order valence-electron chi connectivity index (χ1n) is 8.83. The van der Waals surface area contributed by atoms with E-state index in [0.29, 0.717) is 11.7 Å². The van der Waals surface area contributed by atoms with Crippen molar-refractivity contribution in [2.45, 2.75) is 39.2 Å². The van der Waals surface area contributed by atoms with Gasteiger partial charge in [0.2, 0.25) is 0 Å². The summed E-state index contributed by atoms with van der Waals surface area (Å²) in [6.45, 7) is 6.69. The van der Waals surface area contributed by atoms with E-state index in [1.54, 1.807) is 6.07 Å². The summed E-state index contributed by atoms with van der Waals surface area (Å²) in [5.41, 5.74) is 3.15. The zero-order valence-corrected chi connectivity index (χ0v) is 14.7. The second kappa shape index (κ2) is 6.44. The number of nitrogens with zero attached hydrogens (tertiary/aromatic N) is 4. The van der Waals surface area contributed by atoms with E-state index in [1.807, 2.05) is 19.9 Å². The molecule has 0 aromatic carbocycles. The van der Waals surface area contributed by atoms with Crippen LogP contribution in [-0.4, -0.2) is 37.3 Å². The Kier molecular flexibility index (Phi) is 4.13. The fourth-order valence-electron chi connectivity index (χ4n) is 3.85. The summed E-state index contributed by atoms with van der Waals surface area (Å²) < 4.78 is 2.14. The van der Waals surface area contributed by atoms with Gasteiger partial charge in [-0.1, -0.05) is 6.07 Å². The van der Waals surface area contributed by atoms with E-state index in [4.69, 9.17) is 4.98 Å². The fraction of sp³-hybridized carbons (Fsp3) is 0.421. The maximum atomic E-state index is 11.8. The molecule has 1 atom stereocenters. The van der Waals surface area contributed by atoms with Gasteiger partial charge in [0, 0.05) is 31.3 Å². The number of piperidine rings is 1. The quantitative estimate of drug-likeness (QED) is 0.797. The van der Waals surface area contributed by atoms with Crippen molar-refractivity contribution in [1.29, 1.82) is 0 Å². The Labute approximate surface area is 146 Å². The van der Waals surface area contributed by atoms with Gasteiger partial charge < -0.3 is 9.38 Å². The molecule has 1 saturated heterocycles. The Morgan fingerprint density at radius 1 is 1.28 bits per heavy atom. The minimum Gasteiger partial charge on any atom is -0.311 e. The molecular weight excluding hydrogens is 314 g/mol. The first-order chi connectivity index (χ1) is 12.1. The molecule has 25 heavy (non-hydrogen) atoms. The molecule has 130 valence electrons. The molecule has 1 aliphatic rings. The molecule has 4 heterocycles. The third-order valence-electron chi connectivity index (χ3n) is 4.98. The van der Waals surface area contributed by atoms with Crippen molar-refractivity contribution in [2.75, 3.05) is 13.1 Å². The topological polar surface area (TPSA) is 66.3 Å². The molecule has 0 saturated carbocycles. The van der Waals surface area contributed by atoms with E-state index in [0.717, 1.165) is 49.7 Å². The highest BCUT2D eigenvalue weighted by Gasteiger charge is 2.24. The van der Waals surface area contributed by atoms with Gasteiger partial charge in [-0.3, -0.25) is 9.69 Å². The lowest BCUT2D eigenvalue weighted by molar-refractivity contribution is 0.197. The summed E-state index contributed by atoms with van der Waals surface area (Å²) in [4.78, 5) is 26.2. The minimum atomic E-state index is -0.0599. The number of aryl methyl sites for hydroxylation is 2. The standard InChI is InChI=1S/C19H23N5O/c1-13-20-16(10-19(25)21-13)15-6-5-8-23(11-15)12-17-18-7-3-4-9-24(18)14(2)22-17/h3-4,7,9-10,15H,5-6,8,11-12H2,1-2H3,(H,20,21,25)/t15-/m0/s1. The van der Waals surface area contributed by atoms with Crippen LogP contribution >= 0.6 is 0 Å². The molecule has 1 aliphatic heterocycles. The molecule has 1 fully saturated rings. The summed E-state index contributed by atoms with van der Waals surface area (Å²) in [5, 5.41) is 0. The Bertz CT molecular complexity index is 958. The van der Waals surface area contributed by atoms with Gasteiger partial charge in [0.15, 0.2) is 0 Å². The summed E-state index contributed by atoms with van der Waals surface area (Å²) in [5.74, 6) is 2.02. The number of rotatable bonds is 3. The van der Waals surface area contributed by atoms with Gasteiger partial charge in [-0.15, -0.1) is 0 Å². The number of nitrogens with one attached hydrogen (secondary N) is 1. The van der Waals surface area contributed by atoms with Crippen LogP contribution in [0.5, 0.6) is 0 Å². The van der Waals surface area contributed by atoms with Crippen LogP contribution in [0, 0.1) is 13.8 Å². The SMILES string of the molecule is Cc1nc([C@H]2CCCN(Cc3nc(C)n4ccccc34)C2)cc(=O)[nH]1. The molecule has 3 aromatic rings. The van der Waals surface area contributed by atoms with Crippen LogP contribution in [0.4, 0.5) is 0 Å². The number of H-pyrrole nitrogens is 1. The van der Waals surface area contributed by atoms with Gasteiger partial charge in [-0.2, -0.15) is 0 Å². The van der Waals surface area contributed by atoms with Gasteiger partial charge in [0.05, 0.1) is 16.9 Å². The van der Waals surface area contributed by atoms with Crippen LogP contribution in [0.2, 0.25) is 0 Å².